The summed E-state index contributed by atoms with van der Waals surface area (Å²) in [7, 11) is -3.11. The van der Waals surface area contributed by atoms with Crippen molar-refractivity contribution in [2.45, 2.75) is 12.5 Å². The SMILES string of the molecule is O=C(N[C@H]1CCS(=O)(=O)C1)c1cnn2c(-c3ccc(Cl)cc3)c(-c3ccccc3Cl)cnc12. The third-order valence-electron chi connectivity index (χ3n) is 5.62. The predicted octanol–water partition coefficient (Wildman–Crippen LogP) is 4.29. The van der Waals surface area contributed by atoms with Gasteiger partial charge in [-0.05, 0) is 24.6 Å². The summed E-state index contributed by atoms with van der Waals surface area (Å²) < 4.78 is 25.1. The Hall–Kier alpha value is -2.94. The van der Waals surface area contributed by atoms with Crippen LogP contribution in [0.5, 0.6) is 0 Å². The standard InChI is InChI=1S/C23H18Cl2N4O3S/c24-15-7-5-14(6-8-15)21-18(17-3-1-2-4-20(17)25)11-26-22-19(12-27-29(21)22)23(30)28-16-9-10-33(31,32)13-16/h1-8,11-12,16H,9-10,13H2,(H,28,30)/t16-/m0/s1. The Morgan fingerprint density at radius 1 is 1.03 bits per heavy atom. The summed E-state index contributed by atoms with van der Waals surface area (Å²) in [6.45, 7) is 0. The summed E-state index contributed by atoms with van der Waals surface area (Å²) in [5.74, 6) is -0.391. The Morgan fingerprint density at radius 2 is 1.79 bits per heavy atom. The van der Waals surface area contributed by atoms with E-state index in [0.29, 0.717) is 27.8 Å². The van der Waals surface area contributed by atoms with Gasteiger partial charge in [0.2, 0.25) is 0 Å². The van der Waals surface area contributed by atoms with Crippen LogP contribution in [0, 0.1) is 0 Å². The number of carbonyl (C=O) groups excluding carboxylic acids is 1. The van der Waals surface area contributed by atoms with Crippen molar-refractivity contribution in [2.24, 2.45) is 0 Å². The van der Waals surface area contributed by atoms with E-state index in [2.05, 4.69) is 15.4 Å². The van der Waals surface area contributed by atoms with Gasteiger partial charge < -0.3 is 5.32 Å². The van der Waals surface area contributed by atoms with Gasteiger partial charge in [-0.1, -0.05) is 53.5 Å². The van der Waals surface area contributed by atoms with Crippen LogP contribution in [-0.2, 0) is 9.84 Å². The van der Waals surface area contributed by atoms with E-state index in [9.17, 15) is 13.2 Å². The maximum absolute atomic E-state index is 13.0. The van der Waals surface area contributed by atoms with Crippen LogP contribution in [0.1, 0.15) is 16.8 Å². The van der Waals surface area contributed by atoms with Gasteiger partial charge in [-0.2, -0.15) is 5.10 Å². The maximum atomic E-state index is 13.0. The van der Waals surface area contributed by atoms with Crippen LogP contribution in [0.25, 0.3) is 28.0 Å². The molecule has 0 aliphatic carbocycles. The van der Waals surface area contributed by atoms with Crippen LogP contribution in [-0.4, -0.2) is 46.5 Å². The number of fused-ring (bicyclic) bond motifs is 1. The quantitative estimate of drug-likeness (QED) is 0.451. The Labute approximate surface area is 200 Å². The van der Waals surface area contributed by atoms with Gasteiger partial charge in [0, 0.05) is 39.0 Å². The Kier molecular flexibility index (Phi) is 5.60. The number of halogens is 2. The van der Waals surface area contributed by atoms with Gasteiger partial charge in [-0.3, -0.25) is 4.79 Å². The summed E-state index contributed by atoms with van der Waals surface area (Å²) in [4.78, 5) is 17.5. The molecule has 1 fully saturated rings. The first-order chi connectivity index (χ1) is 15.8. The van der Waals surface area contributed by atoms with Crippen LogP contribution in [0.15, 0.2) is 60.9 Å². The van der Waals surface area contributed by atoms with Gasteiger partial charge in [-0.25, -0.2) is 17.9 Å². The van der Waals surface area contributed by atoms with Crippen LogP contribution in [0.4, 0.5) is 0 Å². The molecule has 1 saturated heterocycles. The highest BCUT2D eigenvalue weighted by molar-refractivity contribution is 7.91. The maximum Gasteiger partial charge on any atom is 0.257 e. The largest absolute Gasteiger partial charge is 0.348 e. The minimum Gasteiger partial charge on any atom is -0.348 e. The molecule has 5 rings (SSSR count). The molecule has 1 atom stereocenters. The number of sulfone groups is 1. The van der Waals surface area contributed by atoms with Gasteiger partial charge in [-0.15, -0.1) is 0 Å². The minimum absolute atomic E-state index is 0.0575. The zero-order chi connectivity index (χ0) is 23.2. The first-order valence-electron chi connectivity index (χ1n) is 10.2. The second-order valence-electron chi connectivity index (χ2n) is 7.87. The third kappa shape index (κ3) is 4.21. The van der Waals surface area contributed by atoms with E-state index in [-0.39, 0.29) is 17.1 Å². The predicted molar refractivity (Wildman–Crippen MR) is 128 cm³/mol. The highest BCUT2D eigenvalue weighted by atomic mass is 35.5. The molecule has 2 aromatic heterocycles. The number of benzene rings is 2. The fourth-order valence-corrected chi connectivity index (χ4v) is 6.06. The van der Waals surface area contributed by atoms with Crippen LogP contribution >= 0.6 is 23.2 Å². The molecule has 7 nitrogen and oxygen atoms in total. The van der Waals surface area contributed by atoms with Crippen LogP contribution in [0.2, 0.25) is 10.0 Å². The highest BCUT2D eigenvalue weighted by Gasteiger charge is 2.30. The molecule has 2 aromatic carbocycles. The lowest BCUT2D eigenvalue weighted by Crippen LogP contribution is -2.35. The van der Waals surface area contributed by atoms with Crippen molar-refractivity contribution in [1.29, 1.82) is 0 Å². The lowest BCUT2D eigenvalue weighted by molar-refractivity contribution is 0.0942. The summed E-state index contributed by atoms with van der Waals surface area (Å²) in [6, 6.07) is 14.3. The van der Waals surface area contributed by atoms with E-state index in [1.807, 2.05) is 30.3 Å². The Bertz CT molecular complexity index is 1480. The molecule has 10 heteroatoms. The van der Waals surface area contributed by atoms with Crippen molar-refractivity contribution in [2.75, 3.05) is 11.5 Å². The number of amides is 1. The fraction of sp³-hybridized carbons (Fsp3) is 0.174. The molecule has 1 N–H and O–H groups in total. The summed E-state index contributed by atoms with van der Waals surface area (Å²) >= 11 is 12.6. The lowest BCUT2D eigenvalue weighted by Gasteiger charge is -2.14. The number of hydrogen-bond donors (Lipinski definition) is 1. The zero-order valence-corrected chi connectivity index (χ0v) is 19.5. The van der Waals surface area contributed by atoms with Gasteiger partial charge in [0.25, 0.3) is 5.91 Å². The van der Waals surface area contributed by atoms with E-state index in [1.54, 1.807) is 28.9 Å². The molecule has 1 aliphatic rings. The molecule has 0 unspecified atom stereocenters. The fourth-order valence-electron chi connectivity index (χ4n) is 4.03. The molecule has 3 heterocycles. The monoisotopic (exact) mass is 500 g/mol. The van der Waals surface area contributed by atoms with Crippen molar-refractivity contribution >= 4 is 44.6 Å². The van der Waals surface area contributed by atoms with Gasteiger partial charge in [0.1, 0.15) is 5.56 Å². The second kappa shape index (κ2) is 8.44. The molecular formula is C23H18Cl2N4O3S. The molecule has 4 aromatic rings. The van der Waals surface area contributed by atoms with Gasteiger partial charge in [0.15, 0.2) is 15.5 Å². The van der Waals surface area contributed by atoms with E-state index in [1.165, 1.54) is 6.20 Å². The average Bonchev–Trinajstić information content (AvgIpc) is 3.37. The summed E-state index contributed by atoms with van der Waals surface area (Å²) in [5, 5.41) is 8.41. The molecule has 33 heavy (non-hydrogen) atoms. The second-order valence-corrected chi connectivity index (χ2v) is 10.9. The van der Waals surface area contributed by atoms with E-state index in [0.717, 1.165) is 16.7 Å². The Balaban J connectivity index is 1.63. The topological polar surface area (TPSA) is 93.4 Å². The normalized spacial score (nSPS) is 17.3. The highest BCUT2D eigenvalue weighted by Crippen LogP contribution is 2.36. The van der Waals surface area contributed by atoms with Crippen molar-refractivity contribution in [1.82, 2.24) is 19.9 Å². The number of hydrogen-bond acceptors (Lipinski definition) is 5. The van der Waals surface area contributed by atoms with Gasteiger partial charge in [0.05, 0.1) is 23.4 Å². The van der Waals surface area contributed by atoms with Crippen LogP contribution < -0.4 is 5.32 Å². The van der Waals surface area contributed by atoms with Crippen molar-refractivity contribution in [3.8, 4) is 22.4 Å². The molecule has 0 radical (unpaired) electrons. The molecule has 0 saturated carbocycles. The lowest BCUT2D eigenvalue weighted by atomic mass is 10.0. The zero-order valence-electron chi connectivity index (χ0n) is 17.2. The van der Waals surface area contributed by atoms with Crippen molar-refractivity contribution in [3.05, 3.63) is 76.5 Å². The molecule has 168 valence electrons. The van der Waals surface area contributed by atoms with E-state index < -0.39 is 21.8 Å². The van der Waals surface area contributed by atoms with Crippen LogP contribution in [0.3, 0.4) is 0 Å². The summed E-state index contributed by atoms with van der Waals surface area (Å²) in [5.41, 5.74) is 3.66. The molecule has 0 spiro atoms. The first kappa shape index (κ1) is 21.9. The molecule has 0 bridgehead atoms. The smallest absolute Gasteiger partial charge is 0.257 e. The van der Waals surface area contributed by atoms with E-state index >= 15 is 0 Å². The molecule has 1 aliphatic heterocycles. The average molecular weight is 501 g/mol. The van der Waals surface area contributed by atoms with Gasteiger partial charge >= 0.3 is 0 Å². The number of carbonyl (C=O) groups is 1. The Morgan fingerprint density at radius 3 is 2.48 bits per heavy atom. The molecule has 1 amide bonds. The number of nitrogens with zero attached hydrogens (tertiary/aromatic N) is 3. The van der Waals surface area contributed by atoms with Crippen molar-refractivity contribution in [3.63, 3.8) is 0 Å². The minimum atomic E-state index is -3.11. The van der Waals surface area contributed by atoms with Crippen molar-refractivity contribution < 1.29 is 13.2 Å². The number of rotatable bonds is 4. The number of aromatic nitrogens is 3. The summed E-state index contributed by atoms with van der Waals surface area (Å²) in [6.07, 6.45) is 3.50. The first-order valence-corrected chi connectivity index (χ1v) is 12.8. The third-order valence-corrected chi connectivity index (χ3v) is 7.97. The van der Waals surface area contributed by atoms with E-state index in [4.69, 9.17) is 23.2 Å². The number of nitrogens with one attached hydrogen (secondary N) is 1. The molecular weight excluding hydrogens is 483 g/mol.